The van der Waals surface area contributed by atoms with E-state index in [0.29, 0.717) is 19.3 Å². The Bertz CT molecular complexity index is 1650. The Labute approximate surface area is 402 Å². The fraction of sp³-hybridized carbons (Fsp3) is 0.450. The van der Waals surface area contributed by atoms with Crippen LogP contribution in [0.15, 0.2) is 182 Å². The lowest BCUT2D eigenvalue weighted by Crippen LogP contribution is -2.30. The van der Waals surface area contributed by atoms with Crippen molar-refractivity contribution in [3.05, 3.63) is 182 Å². The van der Waals surface area contributed by atoms with Crippen LogP contribution in [0.25, 0.3) is 0 Å². The molecule has 0 spiro atoms. The number of carbonyl (C=O) groups is 3. The van der Waals surface area contributed by atoms with E-state index in [0.717, 1.165) is 103 Å². The summed E-state index contributed by atoms with van der Waals surface area (Å²) >= 11 is 0. The molecule has 1 unspecified atom stereocenters. The van der Waals surface area contributed by atoms with Crippen LogP contribution in [-0.4, -0.2) is 37.2 Å². The van der Waals surface area contributed by atoms with Crippen LogP contribution in [0.5, 0.6) is 0 Å². The van der Waals surface area contributed by atoms with Gasteiger partial charge in [-0.2, -0.15) is 0 Å². The molecule has 0 amide bonds. The van der Waals surface area contributed by atoms with E-state index in [9.17, 15) is 14.4 Å². The lowest BCUT2D eigenvalue weighted by Gasteiger charge is -2.18. The third-order valence-electron chi connectivity index (χ3n) is 9.46. The van der Waals surface area contributed by atoms with Gasteiger partial charge >= 0.3 is 17.9 Å². The van der Waals surface area contributed by atoms with Gasteiger partial charge in [0.25, 0.3) is 0 Å². The molecule has 6 nitrogen and oxygen atoms in total. The van der Waals surface area contributed by atoms with Gasteiger partial charge in [0.15, 0.2) is 6.10 Å². The van der Waals surface area contributed by atoms with Gasteiger partial charge in [0.05, 0.1) is 0 Å². The molecule has 0 aromatic heterocycles. The molecule has 0 saturated carbocycles. The van der Waals surface area contributed by atoms with Crippen molar-refractivity contribution in [3.8, 4) is 0 Å². The summed E-state index contributed by atoms with van der Waals surface area (Å²) in [7, 11) is 0. The average Bonchev–Trinajstić information content (AvgIpc) is 3.31. The number of rotatable bonds is 41. The smallest absolute Gasteiger partial charge is 0.306 e. The summed E-state index contributed by atoms with van der Waals surface area (Å²) in [5, 5.41) is 0. The minimum Gasteiger partial charge on any atom is -0.462 e. The van der Waals surface area contributed by atoms with E-state index in [-0.39, 0.29) is 44.0 Å². The first kappa shape index (κ1) is 60.5. The van der Waals surface area contributed by atoms with Gasteiger partial charge < -0.3 is 14.2 Å². The maximum absolute atomic E-state index is 12.8. The van der Waals surface area contributed by atoms with Crippen molar-refractivity contribution in [1.29, 1.82) is 0 Å². The second kappa shape index (κ2) is 52.1. The molecule has 0 rings (SSSR count). The summed E-state index contributed by atoms with van der Waals surface area (Å²) in [5.74, 6) is -1.06. The maximum Gasteiger partial charge on any atom is 0.306 e. The van der Waals surface area contributed by atoms with Gasteiger partial charge in [-0.05, 0) is 89.9 Å². The molecule has 0 saturated heterocycles. The standard InChI is InChI=1S/C60H86O6/c1-4-7-10-13-16-19-22-25-28-29-30-31-33-35-38-41-44-47-50-53-59(62)65-56-57(55-64-58(61)52-49-46-43-40-37-34-27-24-21-18-15-12-9-6-3)66-60(63)54-51-48-45-42-39-36-32-26-23-20-17-14-11-8-5-2/h7-14,16-23,25-36,38-39,57H,4-6,15,24,37,40-56H2,1-3H3/b10-7-,11-8-,12-9-,16-13-,17-14-,21-18-,22-19-,23-20-,28-25-,30-29+,32-26-,33-31-,34-27-,38-35-,39-36-. The monoisotopic (exact) mass is 903 g/mol. The number of carbonyl (C=O) groups excluding carboxylic acids is 3. The first-order chi connectivity index (χ1) is 32.5. The van der Waals surface area contributed by atoms with Crippen molar-refractivity contribution >= 4 is 17.9 Å². The molecule has 0 heterocycles. The Morgan fingerprint density at radius 3 is 1.03 bits per heavy atom. The topological polar surface area (TPSA) is 78.9 Å². The molecule has 1 atom stereocenters. The second-order valence-electron chi connectivity index (χ2n) is 15.5. The fourth-order valence-electron chi connectivity index (χ4n) is 5.81. The zero-order chi connectivity index (χ0) is 47.9. The van der Waals surface area contributed by atoms with Crippen molar-refractivity contribution in [1.82, 2.24) is 0 Å². The fourth-order valence-corrected chi connectivity index (χ4v) is 5.81. The highest BCUT2D eigenvalue weighted by Crippen LogP contribution is 2.11. The predicted octanol–water partition coefficient (Wildman–Crippen LogP) is 16.6. The lowest BCUT2D eigenvalue weighted by molar-refractivity contribution is -0.167. The molecule has 362 valence electrons. The molecule has 0 radical (unpaired) electrons. The highest BCUT2D eigenvalue weighted by atomic mass is 16.6. The predicted molar refractivity (Wildman–Crippen MR) is 283 cm³/mol. The molecule has 0 fully saturated rings. The molecule has 0 aliphatic carbocycles. The second-order valence-corrected chi connectivity index (χ2v) is 15.5. The van der Waals surface area contributed by atoms with Crippen LogP contribution in [0.3, 0.4) is 0 Å². The van der Waals surface area contributed by atoms with Crippen LogP contribution in [0.1, 0.15) is 156 Å². The van der Waals surface area contributed by atoms with Gasteiger partial charge in [-0.25, -0.2) is 0 Å². The zero-order valence-corrected chi connectivity index (χ0v) is 41.1. The number of allylic oxidation sites excluding steroid dienone is 30. The highest BCUT2D eigenvalue weighted by molar-refractivity contribution is 5.71. The summed E-state index contributed by atoms with van der Waals surface area (Å²) in [6, 6.07) is 0. The van der Waals surface area contributed by atoms with Gasteiger partial charge in [-0.3, -0.25) is 14.4 Å². The van der Waals surface area contributed by atoms with Crippen molar-refractivity contribution in [2.45, 2.75) is 162 Å². The first-order valence-electron chi connectivity index (χ1n) is 25.0. The zero-order valence-electron chi connectivity index (χ0n) is 41.1. The molecule has 6 heteroatoms. The quantitative estimate of drug-likeness (QED) is 0.0200. The van der Waals surface area contributed by atoms with E-state index in [1.54, 1.807) is 0 Å². The number of unbranched alkanes of at least 4 members (excludes halogenated alkanes) is 10. The minimum absolute atomic E-state index is 0.133. The molecular formula is C60H86O6. The van der Waals surface area contributed by atoms with Gasteiger partial charge in [-0.15, -0.1) is 0 Å². The normalized spacial score (nSPS) is 13.7. The van der Waals surface area contributed by atoms with Gasteiger partial charge in [0.2, 0.25) is 0 Å². The van der Waals surface area contributed by atoms with Crippen molar-refractivity contribution < 1.29 is 28.6 Å². The van der Waals surface area contributed by atoms with Crippen LogP contribution in [0, 0.1) is 0 Å². The Balaban J connectivity index is 4.66. The molecule has 0 aromatic carbocycles. The average molecular weight is 903 g/mol. The molecular weight excluding hydrogens is 817 g/mol. The molecule has 0 aliphatic heterocycles. The summed E-state index contributed by atoms with van der Waals surface area (Å²) in [5.41, 5.74) is 0. The van der Waals surface area contributed by atoms with Crippen LogP contribution >= 0.6 is 0 Å². The summed E-state index contributed by atoms with van der Waals surface area (Å²) in [4.78, 5) is 38.0. The maximum atomic E-state index is 12.8. The van der Waals surface area contributed by atoms with E-state index in [4.69, 9.17) is 14.2 Å². The van der Waals surface area contributed by atoms with Gasteiger partial charge in [0, 0.05) is 19.3 Å². The molecule has 0 aliphatic rings. The Hall–Kier alpha value is -5.49. The number of hydrogen-bond acceptors (Lipinski definition) is 6. The SMILES string of the molecule is CC\C=C/C=C\C=C/C=C\C=C/CCCCCC(=O)OC(COC(=O)CCCCC\C=C/C=C\C=C\C=C/C=C\C=C/C=C\CC)COC(=O)CCCCCC/C=C\C/C=C\C/C=C\CC. The van der Waals surface area contributed by atoms with E-state index < -0.39 is 6.10 Å². The third-order valence-corrected chi connectivity index (χ3v) is 9.46. The largest absolute Gasteiger partial charge is 0.462 e. The highest BCUT2D eigenvalue weighted by Gasteiger charge is 2.19. The van der Waals surface area contributed by atoms with Crippen LogP contribution in [0.4, 0.5) is 0 Å². The lowest BCUT2D eigenvalue weighted by atomic mass is 10.1. The Morgan fingerprint density at radius 1 is 0.318 bits per heavy atom. The van der Waals surface area contributed by atoms with Crippen molar-refractivity contribution in [3.63, 3.8) is 0 Å². The van der Waals surface area contributed by atoms with E-state index in [1.807, 2.05) is 122 Å². The Morgan fingerprint density at radius 2 is 0.621 bits per heavy atom. The first-order valence-corrected chi connectivity index (χ1v) is 25.0. The van der Waals surface area contributed by atoms with E-state index in [2.05, 4.69) is 81.5 Å². The van der Waals surface area contributed by atoms with Crippen LogP contribution in [0.2, 0.25) is 0 Å². The molecule has 0 bridgehead atoms. The van der Waals surface area contributed by atoms with Gasteiger partial charge in [-0.1, -0.05) is 229 Å². The molecule has 0 aromatic rings. The van der Waals surface area contributed by atoms with Crippen LogP contribution in [-0.2, 0) is 28.6 Å². The summed E-state index contributed by atoms with van der Waals surface area (Å²) < 4.78 is 16.7. The Kier molecular flexibility index (Phi) is 47.8. The number of esters is 3. The van der Waals surface area contributed by atoms with Crippen molar-refractivity contribution in [2.75, 3.05) is 13.2 Å². The van der Waals surface area contributed by atoms with Crippen LogP contribution < -0.4 is 0 Å². The van der Waals surface area contributed by atoms with E-state index >= 15 is 0 Å². The van der Waals surface area contributed by atoms with Crippen molar-refractivity contribution in [2.24, 2.45) is 0 Å². The molecule has 66 heavy (non-hydrogen) atoms. The summed E-state index contributed by atoms with van der Waals surface area (Å²) in [6.07, 6.45) is 78.6. The minimum atomic E-state index is -0.840. The number of ether oxygens (including phenoxy) is 3. The third kappa shape index (κ3) is 49.5. The van der Waals surface area contributed by atoms with E-state index in [1.165, 1.54) is 0 Å². The van der Waals surface area contributed by atoms with Gasteiger partial charge in [0.1, 0.15) is 13.2 Å². The molecule has 0 N–H and O–H groups in total. The number of hydrogen-bond donors (Lipinski definition) is 0. The summed E-state index contributed by atoms with van der Waals surface area (Å²) in [6.45, 7) is 6.09.